The molecule has 1 atom stereocenters. The van der Waals surface area contributed by atoms with E-state index in [2.05, 4.69) is 58.7 Å². The largest absolute Gasteiger partial charge is 0.309 e. The number of unbranched alkanes of at least 4 members (excludes halogenated alkanes) is 2. The van der Waals surface area contributed by atoms with Crippen LogP contribution < -0.4 is 5.32 Å². The average Bonchev–Trinajstić information content (AvgIpc) is 2.70. The van der Waals surface area contributed by atoms with E-state index in [4.69, 9.17) is 0 Å². The van der Waals surface area contributed by atoms with Crippen LogP contribution in [0.3, 0.4) is 0 Å². The van der Waals surface area contributed by atoms with Crippen molar-refractivity contribution < 1.29 is 0 Å². The Bertz CT molecular complexity index is 347. The zero-order valence-corrected chi connectivity index (χ0v) is 13.6. The quantitative estimate of drug-likeness (QED) is 0.718. The van der Waals surface area contributed by atoms with Crippen LogP contribution in [0.4, 0.5) is 0 Å². The first kappa shape index (κ1) is 15.7. The highest BCUT2D eigenvalue weighted by molar-refractivity contribution is 9.10. The fourth-order valence-corrected chi connectivity index (χ4v) is 2.82. The van der Waals surface area contributed by atoms with Crippen LogP contribution in [0.5, 0.6) is 0 Å². The van der Waals surface area contributed by atoms with Gasteiger partial charge in [0.25, 0.3) is 0 Å². The predicted molar refractivity (Wildman–Crippen MR) is 80.9 cm³/mol. The van der Waals surface area contributed by atoms with Crippen molar-refractivity contribution >= 4 is 15.9 Å². The molecule has 0 saturated heterocycles. The highest BCUT2D eigenvalue weighted by Gasteiger charge is 2.20. The molecule has 1 rings (SSSR count). The minimum atomic E-state index is 0.402. The number of hydrogen-bond donors (Lipinski definition) is 1. The Kier molecular flexibility index (Phi) is 6.94. The van der Waals surface area contributed by atoms with E-state index in [1.54, 1.807) is 0 Å². The molecule has 4 heteroatoms. The topological polar surface area (TPSA) is 29.9 Å². The van der Waals surface area contributed by atoms with Crippen molar-refractivity contribution in [1.29, 1.82) is 0 Å². The van der Waals surface area contributed by atoms with E-state index in [0.29, 0.717) is 12.1 Å². The van der Waals surface area contributed by atoms with Crippen LogP contribution in [0.15, 0.2) is 10.7 Å². The number of halogens is 1. The van der Waals surface area contributed by atoms with Crippen molar-refractivity contribution in [3.05, 3.63) is 16.4 Å². The van der Waals surface area contributed by atoms with Crippen molar-refractivity contribution in [1.82, 2.24) is 15.1 Å². The van der Waals surface area contributed by atoms with E-state index in [9.17, 15) is 0 Å². The first-order valence-corrected chi connectivity index (χ1v) is 7.87. The molecular formula is C14H26BrN3. The van der Waals surface area contributed by atoms with Gasteiger partial charge in [-0.3, -0.25) is 4.68 Å². The number of hydrogen-bond acceptors (Lipinski definition) is 2. The van der Waals surface area contributed by atoms with E-state index in [1.807, 2.05) is 6.20 Å². The van der Waals surface area contributed by atoms with Gasteiger partial charge in [-0.25, -0.2) is 0 Å². The Labute approximate surface area is 119 Å². The maximum atomic E-state index is 4.48. The summed E-state index contributed by atoms with van der Waals surface area (Å²) in [5.74, 6) is 0. The third kappa shape index (κ3) is 4.09. The van der Waals surface area contributed by atoms with E-state index >= 15 is 0 Å². The molecule has 0 aliphatic heterocycles. The summed E-state index contributed by atoms with van der Waals surface area (Å²) in [7, 11) is 0. The second-order valence-corrected chi connectivity index (χ2v) is 5.88. The minimum absolute atomic E-state index is 0.402. The van der Waals surface area contributed by atoms with Gasteiger partial charge in [-0.05, 0) is 42.7 Å². The lowest BCUT2D eigenvalue weighted by atomic mass is 10.0. The van der Waals surface area contributed by atoms with Gasteiger partial charge in [-0.15, -0.1) is 0 Å². The fourth-order valence-electron chi connectivity index (χ4n) is 2.27. The van der Waals surface area contributed by atoms with Crippen LogP contribution in [0, 0.1) is 0 Å². The van der Waals surface area contributed by atoms with E-state index < -0.39 is 0 Å². The Morgan fingerprint density at radius 1 is 1.33 bits per heavy atom. The molecule has 1 heterocycles. The highest BCUT2D eigenvalue weighted by atomic mass is 79.9. The van der Waals surface area contributed by atoms with E-state index in [0.717, 1.165) is 11.0 Å². The van der Waals surface area contributed by atoms with Crippen LogP contribution in [0.25, 0.3) is 0 Å². The lowest BCUT2D eigenvalue weighted by Crippen LogP contribution is -2.25. The van der Waals surface area contributed by atoms with Gasteiger partial charge in [0.15, 0.2) is 0 Å². The number of nitrogens with one attached hydrogen (secondary N) is 1. The van der Waals surface area contributed by atoms with Crippen molar-refractivity contribution in [2.75, 3.05) is 6.54 Å². The lowest BCUT2D eigenvalue weighted by molar-refractivity contribution is 0.421. The van der Waals surface area contributed by atoms with Crippen LogP contribution in [-0.2, 0) is 0 Å². The Morgan fingerprint density at radius 3 is 2.61 bits per heavy atom. The van der Waals surface area contributed by atoms with Crippen LogP contribution in [-0.4, -0.2) is 16.3 Å². The Hall–Kier alpha value is -0.350. The second kappa shape index (κ2) is 7.95. The summed E-state index contributed by atoms with van der Waals surface area (Å²) >= 11 is 3.64. The van der Waals surface area contributed by atoms with Crippen molar-refractivity contribution in [3.63, 3.8) is 0 Å². The van der Waals surface area contributed by atoms with Gasteiger partial charge in [0, 0.05) is 6.04 Å². The molecule has 1 N–H and O–H groups in total. The molecule has 0 aliphatic carbocycles. The molecule has 0 fully saturated rings. The van der Waals surface area contributed by atoms with E-state index in [1.165, 1.54) is 31.4 Å². The van der Waals surface area contributed by atoms with Gasteiger partial charge in [0.05, 0.1) is 22.4 Å². The summed E-state index contributed by atoms with van der Waals surface area (Å²) in [5.41, 5.74) is 1.29. The molecule has 0 aromatic carbocycles. The average molecular weight is 316 g/mol. The normalized spacial score (nSPS) is 13.2. The molecule has 0 aliphatic rings. The maximum absolute atomic E-state index is 4.48. The molecule has 0 bridgehead atoms. The van der Waals surface area contributed by atoms with Gasteiger partial charge in [0.2, 0.25) is 0 Å². The summed E-state index contributed by atoms with van der Waals surface area (Å²) in [6.07, 6.45) is 6.93. The van der Waals surface area contributed by atoms with Crippen LogP contribution >= 0.6 is 15.9 Å². The summed E-state index contributed by atoms with van der Waals surface area (Å²) < 4.78 is 3.25. The van der Waals surface area contributed by atoms with Crippen LogP contribution in [0.1, 0.15) is 71.2 Å². The summed E-state index contributed by atoms with van der Waals surface area (Å²) in [5, 5.41) is 8.07. The fraction of sp³-hybridized carbons (Fsp3) is 0.786. The maximum Gasteiger partial charge on any atom is 0.0698 e. The summed E-state index contributed by atoms with van der Waals surface area (Å²) in [6.45, 7) is 9.76. The Morgan fingerprint density at radius 2 is 2.06 bits per heavy atom. The van der Waals surface area contributed by atoms with Gasteiger partial charge >= 0.3 is 0 Å². The molecule has 18 heavy (non-hydrogen) atoms. The number of nitrogens with zero attached hydrogens (tertiary/aromatic N) is 2. The van der Waals surface area contributed by atoms with Gasteiger partial charge in [-0.1, -0.05) is 33.1 Å². The monoisotopic (exact) mass is 315 g/mol. The smallest absolute Gasteiger partial charge is 0.0698 e. The zero-order valence-electron chi connectivity index (χ0n) is 12.0. The van der Waals surface area contributed by atoms with E-state index in [-0.39, 0.29) is 0 Å². The summed E-state index contributed by atoms with van der Waals surface area (Å²) in [4.78, 5) is 0. The third-order valence-corrected chi connectivity index (χ3v) is 3.76. The first-order chi connectivity index (χ1) is 8.61. The van der Waals surface area contributed by atoms with Crippen molar-refractivity contribution in [3.8, 4) is 0 Å². The lowest BCUT2D eigenvalue weighted by Gasteiger charge is -2.21. The minimum Gasteiger partial charge on any atom is -0.309 e. The molecule has 0 spiro atoms. The molecule has 0 amide bonds. The third-order valence-electron chi connectivity index (χ3n) is 3.15. The van der Waals surface area contributed by atoms with Crippen molar-refractivity contribution in [2.45, 2.75) is 65.5 Å². The van der Waals surface area contributed by atoms with Gasteiger partial charge < -0.3 is 5.32 Å². The van der Waals surface area contributed by atoms with Crippen LogP contribution in [0.2, 0.25) is 0 Å². The molecule has 0 radical (unpaired) electrons. The number of aromatic nitrogens is 2. The first-order valence-electron chi connectivity index (χ1n) is 7.08. The molecule has 1 aromatic heterocycles. The molecular weight excluding hydrogens is 290 g/mol. The molecule has 3 nitrogen and oxygen atoms in total. The Balaban J connectivity index is 2.86. The highest BCUT2D eigenvalue weighted by Crippen LogP contribution is 2.29. The standard InChI is InChI=1S/C14H26BrN3/c1-5-7-8-9-13(16-6-2)14-12(15)10-17-18(14)11(3)4/h10-11,13,16H,5-9H2,1-4H3. The zero-order chi connectivity index (χ0) is 13.5. The van der Waals surface area contributed by atoms with Gasteiger partial charge in [-0.2, -0.15) is 5.10 Å². The molecule has 0 saturated carbocycles. The SMILES string of the molecule is CCCCCC(NCC)c1c(Br)cnn1C(C)C. The molecule has 1 unspecified atom stereocenters. The van der Waals surface area contributed by atoms with Gasteiger partial charge in [0.1, 0.15) is 0 Å². The second-order valence-electron chi connectivity index (χ2n) is 5.02. The summed E-state index contributed by atoms with van der Waals surface area (Å²) in [6, 6.07) is 0.805. The molecule has 104 valence electrons. The predicted octanol–water partition coefficient (Wildman–Crippen LogP) is 4.46. The molecule has 1 aromatic rings. The number of rotatable bonds is 8. The van der Waals surface area contributed by atoms with Crippen molar-refractivity contribution in [2.24, 2.45) is 0 Å².